The molecular formula is C13H15ClN2O2. The van der Waals surface area contributed by atoms with Crippen molar-refractivity contribution in [3.05, 3.63) is 29.3 Å². The minimum atomic E-state index is -0.810. The molecule has 0 saturated carbocycles. The monoisotopic (exact) mass is 266 g/mol. The minimum Gasteiger partial charge on any atom is -0.496 e. The molecule has 0 saturated heterocycles. The molecule has 18 heavy (non-hydrogen) atoms. The zero-order valence-electron chi connectivity index (χ0n) is 10.6. The topological polar surface area (TPSA) is 53.3 Å². The maximum absolute atomic E-state index is 10.8. The van der Waals surface area contributed by atoms with Crippen LogP contribution in [0.1, 0.15) is 22.8 Å². The molecule has 0 N–H and O–H groups in total. The Kier molecular flexibility index (Phi) is 4.71. The summed E-state index contributed by atoms with van der Waals surface area (Å²) >= 11 is 5.89. The summed E-state index contributed by atoms with van der Waals surface area (Å²) in [6, 6.07) is 7.39. The van der Waals surface area contributed by atoms with E-state index in [1.165, 1.54) is 11.5 Å². The van der Waals surface area contributed by atoms with E-state index in [1.807, 2.05) is 0 Å². The first-order valence-corrected chi connectivity index (χ1v) is 5.73. The fourth-order valence-corrected chi connectivity index (χ4v) is 1.68. The summed E-state index contributed by atoms with van der Waals surface area (Å²) in [6.45, 7) is 1.75. The number of likely N-dealkylation sites (N-methyl/N-ethyl adjacent to an activating group) is 1. The molecule has 0 heterocycles. The van der Waals surface area contributed by atoms with Gasteiger partial charge >= 0.3 is 0 Å². The van der Waals surface area contributed by atoms with E-state index in [0.717, 1.165) is 11.8 Å². The number of halogens is 1. The Morgan fingerprint density at radius 1 is 1.61 bits per heavy atom. The van der Waals surface area contributed by atoms with Crippen molar-refractivity contribution >= 4 is 18.1 Å². The van der Waals surface area contributed by atoms with Crippen LogP contribution in [0.25, 0.3) is 0 Å². The van der Waals surface area contributed by atoms with Crippen molar-refractivity contribution in [2.75, 3.05) is 14.2 Å². The third-order valence-corrected chi connectivity index (χ3v) is 3.27. The molecule has 1 aromatic rings. The lowest BCUT2D eigenvalue weighted by Gasteiger charge is -2.27. The first-order chi connectivity index (χ1) is 8.46. The molecule has 0 bridgehead atoms. The summed E-state index contributed by atoms with van der Waals surface area (Å²) < 4.78 is 6.48. The molecule has 0 spiro atoms. The maximum Gasteiger partial charge on any atom is 0.153 e. The van der Waals surface area contributed by atoms with Crippen molar-refractivity contribution in [2.24, 2.45) is 0 Å². The molecule has 96 valence electrons. The summed E-state index contributed by atoms with van der Waals surface area (Å²) in [6.07, 6.45) is 1.18. The molecule has 0 aliphatic carbocycles. The lowest BCUT2D eigenvalue weighted by Crippen LogP contribution is -2.38. The van der Waals surface area contributed by atoms with Gasteiger partial charge in [-0.2, -0.15) is 5.26 Å². The van der Waals surface area contributed by atoms with Crippen LogP contribution in [0.2, 0.25) is 0 Å². The van der Waals surface area contributed by atoms with Gasteiger partial charge in [0.2, 0.25) is 0 Å². The summed E-state index contributed by atoms with van der Waals surface area (Å²) in [5.74, 6) is 0.500. The quantitative estimate of drug-likeness (QED) is 0.607. The molecule has 0 aliphatic rings. The molecule has 5 heteroatoms. The molecule has 0 aliphatic heterocycles. The molecule has 0 amide bonds. The molecule has 1 unspecified atom stereocenters. The van der Waals surface area contributed by atoms with Gasteiger partial charge < -0.3 is 4.74 Å². The van der Waals surface area contributed by atoms with Crippen molar-refractivity contribution in [2.45, 2.75) is 18.9 Å². The fourth-order valence-electron chi connectivity index (χ4n) is 1.58. The highest BCUT2D eigenvalue weighted by atomic mass is 35.5. The smallest absolute Gasteiger partial charge is 0.153 e. The maximum atomic E-state index is 10.8. The summed E-state index contributed by atoms with van der Waals surface area (Å²) in [7, 11) is 3.14. The highest BCUT2D eigenvalue weighted by Gasteiger charge is 2.28. The average molecular weight is 267 g/mol. The lowest BCUT2D eigenvalue weighted by atomic mass is 9.94. The molecule has 0 aromatic heterocycles. The lowest BCUT2D eigenvalue weighted by molar-refractivity contribution is 0.112. The van der Waals surface area contributed by atoms with Gasteiger partial charge in [-0.1, -0.05) is 6.07 Å². The van der Waals surface area contributed by atoms with Crippen LogP contribution in [0.5, 0.6) is 5.75 Å². The number of nitrogens with zero attached hydrogens (tertiary/aromatic N) is 2. The Hall–Kier alpha value is -1.57. The van der Waals surface area contributed by atoms with Gasteiger partial charge in [-0.3, -0.25) is 4.79 Å². The SMILES string of the molecule is COc1cc(CC(C)(C#N)N(C)Cl)ccc1C=O. The van der Waals surface area contributed by atoms with Crippen LogP contribution < -0.4 is 4.74 Å². The number of methoxy groups -OCH3 is 1. The number of nitriles is 1. The van der Waals surface area contributed by atoms with Crippen LogP contribution in [0.3, 0.4) is 0 Å². The van der Waals surface area contributed by atoms with Gasteiger partial charge in [0, 0.05) is 13.5 Å². The van der Waals surface area contributed by atoms with Crippen molar-refractivity contribution in [1.82, 2.24) is 4.42 Å². The number of hydrogen-bond donors (Lipinski definition) is 0. The van der Waals surface area contributed by atoms with Crippen LogP contribution >= 0.6 is 11.8 Å². The molecule has 1 atom stereocenters. The second-order valence-corrected chi connectivity index (χ2v) is 4.74. The summed E-state index contributed by atoms with van der Waals surface area (Å²) in [4.78, 5) is 10.8. The van der Waals surface area contributed by atoms with Crippen LogP contribution in [0, 0.1) is 11.3 Å². The van der Waals surface area contributed by atoms with Gasteiger partial charge in [-0.05, 0) is 36.4 Å². The van der Waals surface area contributed by atoms with Crippen LogP contribution in [-0.2, 0) is 6.42 Å². The summed E-state index contributed by atoms with van der Waals surface area (Å²) in [5.41, 5.74) is 0.558. The molecule has 0 fully saturated rings. The predicted octanol–water partition coefficient (Wildman–Crippen LogP) is 2.42. The third-order valence-electron chi connectivity index (χ3n) is 2.89. The van der Waals surface area contributed by atoms with Gasteiger partial charge in [-0.25, -0.2) is 4.42 Å². The second kappa shape index (κ2) is 5.85. The van der Waals surface area contributed by atoms with E-state index in [9.17, 15) is 10.1 Å². The van der Waals surface area contributed by atoms with E-state index in [1.54, 1.807) is 32.2 Å². The zero-order chi connectivity index (χ0) is 13.8. The molecule has 1 rings (SSSR count). The van der Waals surface area contributed by atoms with Gasteiger partial charge in [0.05, 0.1) is 18.7 Å². The van der Waals surface area contributed by atoms with Gasteiger partial charge in [0.15, 0.2) is 6.29 Å². The van der Waals surface area contributed by atoms with E-state index in [-0.39, 0.29) is 0 Å². The summed E-state index contributed by atoms with van der Waals surface area (Å²) in [5, 5.41) is 9.18. The first-order valence-electron chi connectivity index (χ1n) is 5.40. The number of aldehydes is 1. The van der Waals surface area contributed by atoms with Crippen molar-refractivity contribution in [1.29, 1.82) is 5.26 Å². The Balaban J connectivity index is 3.06. The highest BCUT2D eigenvalue weighted by Crippen LogP contribution is 2.25. The number of hydrogen-bond acceptors (Lipinski definition) is 4. The van der Waals surface area contributed by atoms with Gasteiger partial charge in [0.1, 0.15) is 11.3 Å². The van der Waals surface area contributed by atoms with Crippen LogP contribution in [-0.4, -0.2) is 30.4 Å². The largest absolute Gasteiger partial charge is 0.496 e. The fraction of sp³-hybridized carbons (Fsp3) is 0.385. The Bertz CT molecular complexity index is 482. The van der Waals surface area contributed by atoms with Crippen molar-refractivity contribution in [3.63, 3.8) is 0 Å². The van der Waals surface area contributed by atoms with E-state index in [4.69, 9.17) is 16.5 Å². The number of ether oxygens (including phenoxy) is 1. The van der Waals surface area contributed by atoms with E-state index in [0.29, 0.717) is 17.7 Å². The molecule has 1 aromatic carbocycles. The number of carbonyl (C=O) groups excluding carboxylic acids is 1. The zero-order valence-corrected chi connectivity index (χ0v) is 11.4. The Labute approximate surface area is 112 Å². The van der Waals surface area contributed by atoms with Crippen LogP contribution in [0.4, 0.5) is 0 Å². The van der Waals surface area contributed by atoms with Crippen molar-refractivity contribution in [3.8, 4) is 11.8 Å². The third kappa shape index (κ3) is 3.00. The average Bonchev–Trinajstić information content (AvgIpc) is 2.38. The Morgan fingerprint density at radius 3 is 2.72 bits per heavy atom. The van der Waals surface area contributed by atoms with Crippen molar-refractivity contribution < 1.29 is 9.53 Å². The van der Waals surface area contributed by atoms with Gasteiger partial charge in [-0.15, -0.1) is 0 Å². The molecule has 0 radical (unpaired) electrons. The second-order valence-electron chi connectivity index (χ2n) is 4.23. The van der Waals surface area contributed by atoms with E-state index < -0.39 is 5.54 Å². The van der Waals surface area contributed by atoms with E-state index in [2.05, 4.69) is 6.07 Å². The van der Waals surface area contributed by atoms with Crippen LogP contribution in [0.15, 0.2) is 18.2 Å². The number of carbonyl (C=O) groups is 1. The van der Waals surface area contributed by atoms with Gasteiger partial charge in [0.25, 0.3) is 0 Å². The minimum absolute atomic E-state index is 0.443. The first kappa shape index (κ1) is 14.5. The number of benzene rings is 1. The number of rotatable bonds is 5. The molecule has 4 nitrogen and oxygen atoms in total. The predicted molar refractivity (Wildman–Crippen MR) is 69.7 cm³/mol. The highest BCUT2D eigenvalue weighted by molar-refractivity contribution is 6.13. The molecular weight excluding hydrogens is 252 g/mol. The van der Waals surface area contributed by atoms with E-state index >= 15 is 0 Å². The Morgan fingerprint density at radius 2 is 2.28 bits per heavy atom. The standard InChI is InChI=1S/C13H15ClN2O2/c1-13(9-15,16(2)14)7-10-4-5-11(8-17)12(6-10)18-3/h4-6,8H,7H2,1-3H3. The normalized spacial score (nSPS) is 13.8.